The van der Waals surface area contributed by atoms with Gasteiger partial charge >= 0.3 is 207 Å². The smallest absolute Gasteiger partial charge is 0.744 e. The molecule has 0 fully saturated rings. The van der Waals surface area contributed by atoms with Gasteiger partial charge in [0, 0.05) is 12.3 Å². The van der Waals surface area contributed by atoms with Gasteiger partial charge in [0.1, 0.15) is 87.9 Å². The minimum atomic E-state index is -5.76. The van der Waals surface area contributed by atoms with Crippen LogP contribution in [0.2, 0.25) is 0 Å². The number of amides is 1. The molecule has 7 rings (SSSR count). The monoisotopic (exact) mass is 1410 g/mol. The molecule has 0 saturated heterocycles. The second-order valence-corrected chi connectivity index (χ2v) is 25.7. The number of nitrogen functional groups attached to an aromatic ring is 1. The fourth-order valence-corrected chi connectivity index (χ4v) is 11.7. The molecule has 7 aromatic carbocycles. The molecule has 46 heteroatoms. The minimum Gasteiger partial charge on any atom is -0.744 e. The normalized spacial score (nSPS) is 12.3. The first-order valence-electron chi connectivity index (χ1n) is 20.9. The van der Waals surface area contributed by atoms with Gasteiger partial charge in [0.05, 0.1) is 68.1 Å². The summed E-state index contributed by atoms with van der Waals surface area (Å²) in [5.41, 5.74) is -1.47. The molecule has 0 atom stereocenters. The van der Waals surface area contributed by atoms with Crippen LogP contribution in [0.15, 0.2) is 156 Å². The molecule has 0 aromatic heterocycles. The van der Waals surface area contributed by atoms with Gasteiger partial charge in [-0.2, -0.15) is 15.3 Å². The number of nitrogens with two attached hydrogens (primary N) is 1. The van der Waals surface area contributed by atoms with Gasteiger partial charge in [-0.05, 0) is 101 Å². The number of nitrogens with zero attached hydrogens (tertiary/aromatic N) is 6. The molecule has 0 unspecified atom stereocenters. The number of aromatic hydroxyl groups is 2. The Labute approximate surface area is 654 Å². The van der Waals surface area contributed by atoms with E-state index < -0.39 is 195 Å². The number of hydrogen-bond acceptors (Lipinski definition) is 31. The van der Waals surface area contributed by atoms with Crippen LogP contribution in [0.5, 0.6) is 11.5 Å². The van der Waals surface area contributed by atoms with E-state index in [0.717, 1.165) is 67.6 Å². The van der Waals surface area contributed by atoms with Crippen molar-refractivity contribution in [2.24, 2.45) is 30.7 Å². The van der Waals surface area contributed by atoms with Crippen LogP contribution in [0, 0.1) is 0 Å². The number of fused-ring (bicyclic) bond motifs is 2. The third kappa shape index (κ3) is 20.9. The van der Waals surface area contributed by atoms with E-state index in [-0.39, 0.29) is 213 Å². The minimum absolute atomic E-state index is 0. The molecule has 5 N–H and O–H groups in total. The summed E-state index contributed by atoms with van der Waals surface area (Å²) < 4.78 is 256. The van der Waals surface area contributed by atoms with Crippen molar-refractivity contribution < 1.29 is 313 Å². The molecule has 7 aromatic rings. The fourth-order valence-electron chi connectivity index (χ4n) is 7.33. The third-order valence-corrected chi connectivity index (χ3v) is 16.7. The Morgan fingerprint density at radius 1 is 0.409 bits per heavy atom. The first-order chi connectivity index (χ1) is 37.1. The van der Waals surface area contributed by atoms with Gasteiger partial charge in [-0.25, -0.2) is 58.9 Å². The van der Waals surface area contributed by atoms with E-state index in [1.165, 1.54) is 0 Å². The van der Waals surface area contributed by atoms with Crippen LogP contribution in [0.1, 0.15) is 18.1 Å². The summed E-state index contributed by atoms with van der Waals surface area (Å²) in [6.45, 7) is 0.928. The van der Waals surface area contributed by atoms with Gasteiger partial charge in [-0.3, -0.25) is 4.79 Å². The number of anilines is 2. The predicted octanol–water partition coefficient (Wildman–Crippen LogP) is -16.3. The Kier molecular flexibility index (Phi) is 32.6. The summed E-state index contributed by atoms with van der Waals surface area (Å²) in [4.78, 5) is 3.76. The van der Waals surface area contributed by atoms with Crippen molar-refractivity contribution in [3.05, 3.63) is 102 Å². The molecule has 0 aliphatic rings. The van der Waals surface area contributed by atoms with Gasteiger partial charge in [0.25, 0.3) is 0 Å². The molecule has 426 valence electrons. The van der Waals surface area contributed by atoms with Crippen molar-refractivity contribution in [1.82, 2.24) is 0 Å². The van der Waals surface area contributed by atoms with Gasteiger partial charge < -0.3 is 53.1 Å². The topological polar surface area (TPSA) is 570 Å². The number of azo groups is 3. The van der Waals surface area contributed by atoms with Crippen molar-refractivity contribution in [3.63, 3.8) is 0 Å². The fraction of sp³-hybridized carbons (Fsp3) is 0.0238. The number of hydrogen-bond donors (Lipinski definition) is 4. The summed E-state index contributed by atoms with van der Waals surface area (Å²) in [5, 5.41) is 43.6. The first kappa shape index (κ1) is 86.8. The number of phenols is 2. The Morgan fingerprint density at radius 3 is 1.10 bits per heavy atom. The van der Waals surface area contributed by atoms with E-state index in [0.29, 0.717) is 42.5 Å². The van der Waals surface area contributed by atoms with E-state index in [2.05, 4.69) is 36.0 Å². The maximum Gasteiger partial charge on any atom is 1.00 e. The molecule has 0 aliphatic carbocycles. The van der Waals surface area contributed by atoms with Crippen LogP contribution < -0.4 is 218 Å². The molecule has 0 heterocycles. The molecule has 88 heavy (non-hydrogen) atoms. The van der Waals surface area contributed by atoms with Gasteiger partial charge in [-0.15, -0.1) is 15.3 Å². The Balaban J connectivity index is 0.0000108. The van der Waals surface area contributed by atoms with Gasteiger partial charge in [0.15, 0.2) is 11.5 Å². The number of nitrogens with one attached hydrogen (secondary N) is 1. The zero-order valence-corrected chi connectivity index (χ0v) is 66.0. The average Bonchev–Trinajstić information content (AvgIpc) is 0.786. The van der Waals surface area contributed by atoms with Crippen LogP contribution in [0.4, 0.5) is 45.5 Å². The zero-order chi connectivity index (χ0) is 60.3. The zero-order valence-electron chi connectivity index (χ0n) is 46.3. The van der Waals surface area contributed by atoms with E-state index in [1.807, 2.05) is 0 Å². The SMILES string of the molecule is CC(=O)Nc1cc(S(=O)(=O)[O-])cc2cc(S(=O)(=O)[O-])c(N=Nc3ccc(C=Cc4ccc(N=Nc5c(S(=O)(=O)[O-])cc6cc(S(=O)(=O)[O-])c(N=Nc7ccc(S(=O)(=O)[O-])cc7)c(N)c6c5O)cc4S(=O)(=O)[O-])c(S(=O)(=O)[O-])c3)c(O)c12.[Na+].[Na+].[Na+].[Na+].[Na+].[Na+].[Na+]. The number of rotatable bonds is 16. The van der Waals surface area contributed by atoms with Crippen LogP contribution in [0.25, 0.3) is 33.7 Å². The second-order valence-electron chi connectivity index (χ2n) is 16.2. The number of carbonyl (C=O) groups excluding carboxylic acids is 1. The Hall–Kier alpha value is -1.16. The number of phenolic OH excluding ortho intramolecular Hbond substituents is 2. The molecule has 0 aliphatic heterocycles. The third-order valence-electron chi connectivity index (χ3n) is 10.7. The van der Waals surface area contributed by atoms with E-state index in [9.17, 15) is 106 Å². The van der Waals surface area contributed by atoms with Crippen LogP contribution >= 0.6 is 0 Å². The molecule has 32 nitrogen and oxygen atoms in total. The maximum absolute atomic E-state index is 12.6. The van der Waals surface area contributed by atoms with Gasteiger partial charge in [0.2, 0.25) is 5.91 Å². The largest absolute Gasteiger partial charge is 1.00 e. The van der Waals surface area contributed by atoms with Crippen LogP contribution in [-0.4, -0.2) is 107 Å². The average molecular weight is 1410 g/mol. The molecule has 0 spiro atoms. The maximum atomic E-state index is 12.6. The molecule has 0 saturated carbocycles. The van der Waals surface area contributed by atoms with Crippen molar-refractivity contribution >= 4 is 156 Å². The second kappa shape index (κ2) is 33.0. The van der Waals surface area contributed by atoms with Crippen LogP contribution in [-0.2, 0) is 75.6 Å². The quantitative estimate of drug-likeness (QED) is 0.0229. The van der Waals surface area contributed by atoms with Crippen LogP contribution in [0.3, 0.4) is 0 Å². The Bertz CT molecular complexity index is 4900. The summed E-state index contributed by atoms with van der Waals surface area (Å²) in [6, 6.07) is 10.4. The summed E-state index contributed by atoms with van der Waals surface area (Å²) >= 11 is 0. The van der Waals surface area contributed by atoms with Gasteiger partial charge in [-0.1, -0.05) is 24.3 Å². The van der Waals surface area contributed by atoms with Crippen molar-refractivity contribution in [2.45, 2.75) is 41.2 Å². The molecule has 1 amide bonds. The summed E-state index contributed by atoms with van der Waals surface area (Å²) in [6.07, 6.45) is 1.56. The summed E-state index contributed by atoms with van der Waals surface area (Å²) in [7, 11) is -38.5. The number of carbonyl (C=O) groups is 1. The van der Waals surface area contributed by atoms with E-state index in [4.69, 9.17) is 5.73 Å². The molecule has 0 bridgehead atoms. The molecular weight excluding hydrogens is 1390 g/mol. The molecule has 0 radical (unpaired) electrons. The van der Waals surface area contributed by atoms with E-state index >= 15 is 0 Å². The van der Waals surface area contributed by atoms with Crippen molar-refractivity contribution in [2.75, 3.05) is 11.1 Å². The van der Waals surface area contributed by atoms with Crippen molar-refractivity contribution in [3.8, 4) is 11.5 Å². The first-order valence-corrected chi connectivity index (χ1v) is 30.8. The van der Waals surface area contributed by atoms with Crippen molar-refractivity contribution in [1.29, 1.82) is 0 Å². The summed E-state index contributed by atoms with van der Waals surface area (Å²) in [5.74, 6) is -3.49. The molecular formula is C42H25N8Na7O24S7. The predicted molar refractivity (Wildman–Crippen MR) is 266 cm³/mol. The van der Waals surface area contributed by atoms with E-state index in [1.54, 1.807) is 0 Å². The standard InChI is InChI=1S/C42H32N8O24S7.7Na/c1-19(51)44-29-18-28(76(57,58)59)12-22-13-33(80(69,70)71)39(41(52)35(22)29)49-46-25-6-4-20(30(16-25)77(60,61)62)2-3-21-5-7-26(17-31(21)78(63,64)65)47-50-40-34(81(72,73)74)15-23-14-32(79(66,67)68)38(37(43)36(23)42(40)53)48-45-24-8-10-27(11-9-24)75(54,55)56;;;;;;;/h2-18,52-53H,43H2,1H3,(H,44,51)(H,54,55,56)(H,57,58,59)(H,60,61,62)(H,63,64,65)(H,66,67,68)(H,69,70,71)(H,72,73,74);;;;;;;/q;7*+1/p-7. The number of benzene rings is 7. The Morgan fingerprint density at radius 2 is 0.739 bits per heavy atom.